The molecule has 1 aliphatic rings. The van der Waals surface area contributed by atoms with E-state index in [0.717, 1.165) is 24.1 Å². The molecule has 80 valence electrons. The first-order chi connectivity index (χ1) is 7.24. The summed E-state index contributed by atoms with van der Waals surface area (Å²) in [4.78, 5) is 11.6. The standard InChI is InChI=1S/C12H16N2O/c13-10-6-4-9(5-7-10)8-12(15)14-11-2-1-3-11/h4-7,11H,1-3,8,13H2,(H,14,15). The summed E-state index contributed by atoms with van der Waals surface area (Å²) >= 11 is 0. The molecule has 0 unspecified atom stereocenters. The quantitative estimate of drug-likeness (QED) is 0.733. The molecule has 3 N–H and O–H groups in total. The fourth-order valence-corrected chi connectivity index (χ4v) is 1.65. The number of rotatable bonds is 3. The molecule has 1 fully saturated rings. The minimum absolute atomic E-state index is 0.115. The summed E-state index contributed by atoms with van der Waals surface area (Å²) in [5.41, 5.74) is 7.32. The van der Waals surface area contributed by atoms with Crippen LogP contribution in [-0.4, -0.2) is 11.9 Å². The number of amides is 1. The predicted molar refractivity (Wildman–Crippen MR) is 60.3 cm³/mol. The molecule has 0 spiro atoms. The molecule has 0 saturated heterocycles. The lowest BCUT2D eigenvalue weighted by atomic mass is 9.93. The lowest BCUT2D eigenvalue weighted by Crippen LogP contribution is -2.40. The smallest absolute Gasteiger partial charge is 0.224 e. The van der Waals surface area contributed by atoms with Crippen LogP contribution in [0.4, 0.5) is 5.69 Å². The van der Waals surface area contributed by atoms with Gasteiger partial charge in [0.25, 0.3) is 0 Å². The molecule has 1 amide bonds. The van der Waals surface area contributed by atoms with Crippen LogP contribution in [0.3, 0.4) is 0 Å². The Morgan fingerprint density at radius 3 is 2.53 bits per heavy atom. The molecule has 0 bridgehead atoms. The molecular formula is C12H16N2O. The molecule has 3 heteroatoms. The number of nitrogens with one attached hydrogen (secondary N) is 1. The van der Waals surface area contributed by atoms with Crippen LogP contribution in [0, 0.1) is 0 Å². The van der Waals surface area contributed by atoms with E-state index in [1.54, 1.807) is 0 Å². The summed E-state index contributed by atoms with van der Waals surface area (Å²) in [5, 5.41) is 3.01. The molecule has 0 aliphatic heterocycles. The van der Waals surface area contributed by atoms with E-state index in [4.69, 9.17) is 5.73 Å². The molecule has 0 atom stereocenters. The van der Waals surface area contributed by atoms with Gasteiger partial charge < -0.3 is 11.1 Å². The van der Waals surface area contributed by atoms with E-state index < -0.39 is 0 Å². The lowest BCUT2D eigenvalue weighted by Gasteiger charge is -2.26. The highest BCUT2D eigenvalue weighted by Gasteiger charge is 2.19. The summed E-state index contributed by atoms with van der Waals surface area (Å²) in [6.07, 6.45) is 3.96. The Morgan fingerprint density at radius 1 is 1.33 bits per heavy atom. The minimum atomic E-state index is 0.115. The third-order valence-corrected chi connectivity index (χ3v) is 2.81. The van der Waals surface area contributed by atoms with Crippen molar-refractivity contribution >= 4 is 11.6 Å². The van der Waals surface area contributed by atoms with Gasteiger partial charge in [-0.15, -0.1) is 0 Å². The van der Waals surface area contributed by atoms with Crippen LogP contribution in [0.2, 0.25) is 0 Å². The maximum Gasteiger partial charge on any atom is 0.224 e. The third-order valence-electron chi connectivity index (χ3n) is 2.81. The van der Waals surface area contributed by atoms with Crippen LogP contribution in [0.15, 0.2) is 24.3 Å². The van der Waals surface area contributed by atoms with Crippen LogP contribution in [0.5, 0.6) is 0 Å². The Kier molecular flexibility index (Phi) is 2.90. The fourth-order valence-electron chi connectivity index (χ4n) is 1.65. The second-order valence-corrected chi connectivity index (χ2v) is 4.11. The average molecular weight is 204 g/mol. The molecule has 1 saturated carbocycles. The molecule has 1 aliphatic carbocycles. The number of nitrogens with two attached hydrogens (primary N) is 1. The zero-order valence-corrected chi connectivity index (χ0v) is 8.70. The number of carbonyl (C=O) groups excluding carboxylic acids is 1. The number of carbonyl (C=O) groups is 1. The molecule has 0 radical (unpaired) electrons. The van der Waals surface area contributed by atoms with Crippen molar-refractivity contribution in [3.05, 3.63) is 29.8 Å². The maximum atomic E-state index is 11.6. The summed E-state index contributed by atoms with van der Waals surface area (Å²) in [5.74, 6) is 0.115. The van der Waals surface area contributed by atoms with Crippen molar-refractivity contribution in [3.8, 4) is 0 Å². The van der Waals surface area contributed by atoms with Gasteiger partial charge in [0.2, 0.25) is 5.91 Å². The van der Waals surface area contributed by atoms with E-state index in [1.807, 2.05) is 24.3 Å². The normalized spacial score (nSPS) is 15.7. The van der Waals surface area contributed by atoms with Gasteiger partial charge in [0.05, 0.1) is 6.42 Å². The van der Waals surface area contributed by atoms with Gasteiger partial charge in [-0.1, -0.05) is 12.1 Å². The van der Waals surface area contributed by atoms with E-state index in [-0.39, 0.29) is 5.91 Å². The van der Waals surface area contributed by atoms with Crippen LogP contribution >= 0.6 is 0 Å². The largest absolute Gasteiger partial charge is 0.399 e. The molecule has 1 aromatic carbocycles. The zero-order valence-electron chi connectivity index (χ0n) is 8.70. The summed E-state index contributed by atoms with van der Waals surface area (Å²) in [6, 6.07) is 7.87. The molecule has 2 rings (SSSR count). The van der Waals surface area contributed by atoms with Crippen LogP contribution in [0.1, 0.15) is 24.8 Å². The number of hydrogen-bond acceptors (Lipinski definition) is 2. The van der Waals surface area contributed by atoms with Gasteiger partial charge in [-0.2, -0.15) is 0 Å². The lowest BCUT2D eigenvalue weighted by molar-refractivity contribution is -0.121. The van der Waals surface area contributed by atoms with Gasteiger partial charge in [0, 0.05) is 11.7 Å². The summed E-state index contributed by atoms with van der Waals surface area (Å²) < 4.78 is 0. The maximum absolute atomic E-state index is 11.6. The second-order valence-electron chi connectivity index (χ2n) is 4.11. The first-order valence-electron chi connectivity index (χ1n) is 5.38. The Labute approximate surface area is 89.7 Å². The fraction of sp³-hybridized carbons (Fsp3) is 0.417. The van der Waals surface area contributed by atoms with Crippen molar-refractivity contribution in [2.24, 2.45) is 0 Å². The monoisotopic (exact) mass is 204 g/mol. The molecule has 0 heterocycles. The van der Waals surface area contributed by atoms with Crippen molar-refractivity contribution in [3.63, 3.8) is 0 Å². The Bertz CT molecular complexity index is 341. The van der Waals surface area contributed by atoms with Crippen LogP contribution in [0.25, 0.3) is 0 Å². The topological polar surface area (TPSA) is 55.1 Å². The van der Waals surface area contributed by atoms with E-state index in [0.29, 0.717) is 12.5 Å². The van der Waals surface area contributed by atoms with Gasteiger partial charge >= 0.3 is 0 Å². The molecule has 0 aromatic heterocycles. The zero-order chi connectivity index (χ0) is 10.7. The van der Waals surface area contributed by atoms with Gasteiger partial charge in [-0.25, -0.2) is 0 Å². The summed E-state index contributed by atoms with van der Waals surface area (Å²) in [6.45, 7) is 0. The Hall–Kier alpha value is -1.51. The van der Waals surface area contributed by atoms with Crippen molar-refractivity contribution in [2.45, 2.75) is 31.7 Å². The van der Waals surface area contributed by atoms with Gasteiger partial charge in [0.1, 0.15) is 0 Å². The van der Waals surface area contributed by atoms with Crippen molar-refractivity contribution in [1.29, 1.82) is 0 Å². The Morgan fingerprint density at radius 2 is 2.00 bits per heavy atom. The number of nitrogen functional groups attached to an aromatic ring is 1. The first kappa shape index (κ1) is 10.0. The minimum Gasteiger partial charge on any atom is -0.399 e. The molecular weight excluding hydrogens is 188 g/mol. The molecule has 1 aromatic rings. The number of hydrogen-bond donors (Lipinski definition) is 2. The van der Waals surface area contributed by atoms with Crippen molar-refractivity contribution < 1.29 is 4.79 Å². The first-order valence-corrected chi connectivity index (χ1v) is 5.38. The second kappa shape index (κ2) is 4.34. The van der Waals surface area contributed by atoms with Gasteiger partial charge in [-0.3, -0.25) is 4.79 Å². The summed E-state index contributed by atoms with van der Waals surface area (Å²) in [7, 11) is 0. The van der Waals surface area contributed by atoms with Crippen molar-refractivity contribution in [2.75, 3.05) is 5.73 Å². The molecule has 3 nitrogen and oxygen atoms in total. The highest BCUT2D eigenvalue weighted by atomic mass is 16.1. The highest BCUT2D eigenvalue weighted by molar-refractivity contribution is 5.79. The van der Waals surface area contributed by atoms with Crippen molar-refractivity contribution in [1.82, 2.24) is 5.32 Å². The third kappa shape index (κ3) is 2.72. The predicted octanol–water partition coefficient (Wildman–Crippen LogP) is 1.48. The highest BCUT2D eigenvalue weighted by Crippen LogP contribution is 2.18. The van der Waals surface area contributed by atoms with E-state index >= 15 is 0 Å². The van der Waals surface area contributed by atoms with Gasteiger partial charge in [-0.05, 0) is 37.0 Å². The SMILES string of the molecule is Nc1ccc(CC(=O)NC2CCC2)cc1. The van der Waals surface area contributed by atoms with E-state index in [1.165, 1.54) is 6.42 Å². The average Bonchev–Trinajstić information content (AvgIpc) is 2.16. The number of benzene rings is 1. The van der Waals surface area contributed by atoms with Crippen LogP contribution < -0.4 is 11.1 Å². The van der Waals surface area contributed by atoms with Crippen LogP contribution in [-0.2, 0) is 11.2 Å². The van der Waals surface area contributed by atoms with Gasteiger partial charge in [0.15, 0.2) is 0 Å². The molecule has 15 heavy (non-hydrogen) atoms. The number of anilines is 1. The Balaban J connectivity index is 1.84. The van der Waals surface area contributed by atoms with E-state index in [9.17, 15) is 4.79 Å². The van der Waals surface area contributed by atoms with E-state index in [2.05, 4.69) is 5.32 Å².